The Bertz CT molecular complexity index is 618. The summed E-state index contributed by atoms with van der Waals surface area (Å²) in [6, 6.07) is 11.8. The van der Waals surface area contributed by atoms with E-state index in [0.29, 0.717) is 0 Å². The first-order valence-electron chi connectivity index (χ1n) is 7.11. The third-order valence-corrected chi connectivity index (χ3v) is 3.70. The fraction of sp³-hybridized carbons (Fsp3) is 0.312. The van der Waals surface area contributed by atoms with E-state index in [0.717, 1.165) is 43.1 Å². The topological polar surface area (TPSA) is 37.3 Å². The van der Waals surface area contributed by atoms with Crippen molar-refractivity contribution in [3.05, 3.63) is 48.3 Å². The van der Waals surface area contributed by atoms with E-state index in [1.807, 2.05) is 52.1 Å². The summed E-state index contributed by atoms with van der Waals surface area (Å²) in [6.45, 7) is 4.50. The van der Waals surface area contributed by atoms with E-state index in [9.17, 15) is 4.79 Å². The summed E-state index contributed by atoms with van der Waals surface area (Å²) in [6.07, 6.45) is 2.91. The maximum Gasteiger partial charge on any atom is 0.274 e. The Morgan fingerprint density at radius 3 is 2.95 bits per heavy atom. The Morgan fingerprint density at radius 1 is 1.25 bits per heavy atom. The minimum atomic E-state index is 0.0769. The van der Waals surface area contributed by atoms with Crippen molar-refractivity contribution in [2.45, 2.75) is 19.9 Å². The van der Waals surface area contributed by atoms with E-state index in [-0.39, 0.29) is 5.91 Å². The van der Waals surface area contributed by atoms with Crippen LogP contribution in [0, 0.1) is 0 Å². The molecule has 0 fully saturated rings. The Kier molecular flexibility index (Phi) is 3.46. The summed E-state index contributed by atoms with van der Waals surface area (Å²) in [5.74, 6) is 0.0769. The molecule has 0 spiro atoms. The van der Waals surface area contributed by atoms with Gasteiger partial charge < -0.3 is 14.8 Å². The normalized spacial score (nSPS) is 14.3. The molecule has 0 atom stereocenters. The number of hydrogen-bond donors (Lipinski definition) is 1. The highest BCUT2D eigenvalue weighted by Crippen LogP contribution is 2.29. The van der Waals surface area contributed by atoms with Gasteiger partial charge in [0, 0.05) is 25.8 Å². The second-order valence-corrected chi connectivity index (χ2v) is 4.93. The zero-order valence-corrected chi connectivity index (χ0v) is 11.7. The molecule has 1 aliphatic heterocycles. The molecule has 1 amide bonds. The van der Waals surface area contributed by atoms with Gasteiger partial charge in [-0.1, -0.05) is 12.1 Å². The molecule has 2 heterocycles. The van der Waals surface area contributed by atoms with Gasteiger partial charge in [-0.15, -0.1) is 0 Å². The van der Waals surface area contributed by atoms with Crippen molar-refractivity contribution in [3.8, 4) is 0 Å². The molecule has 0 radical (unpaired) electrons. The van der Waals surface area contributed by atoms with Crippen LogP contribution in [0.1, 0.15) is 23.8 Å². The number of benzene rings is 1. The molecule has 1 aromatic heterocycles. The summed E-state index contributed by atoms with van der Waals surface area (Å²) in [7, 11) is 0. The van der Waals surface area contributed by atoms with Crippen molar-refractivity contribution in [2.75, 3.05) is 23.3 Å². The third-order valence-electron chi connectivity index (χ3n) is 3.70. The lowest BCUT2D eigenvalue weighted by atomic mass is 10.2. The molecule has 0 aliphatic carbocycles. The summed E-state index contributed by atoms with van der Waals surface area (Å²) < 4.78 is 1.99. The van der Waals surface area contributed by atoms with Gasteiger partial charge in [0.2, 0.25) is 0 Å². The number of nitrogens with zero attached hydrogens (tertiary/aromatic N) is 2. The van der Waals surface area contributed by atoms with Crippen LogP contribution in [-0.4, -0.2) is 23.6 Å². The average Bonchev–Trinajstić information content (AvgIpc) is 2.86. The maximum atomic E-state index is 12.8. The molecule has 3 rings (SSSR count). The Hall–Kier alpha value is -2.23. The summed E-state index contributed by atoms with van der Waals surface area (Å²) >= 11 is 0. The molecule has 0 bridgehead atoms. The largest absolute Gasteiger partial charge is 0.383 e. The number of aryl methyl sites for hydroxylation is 1. The van der Waals surface area contributed by atoms with Crippen molar-refractivity contribution in [3.63, 3.8) is 0 Å². The zero-order chi connectivity index (χ0) is 13.9. The van der Waals surface area contributed by atoms with E-state index in [2.05, 4.69) is 12.2 Å². The fourth-order valence-corrected chi connectivity index (χ4v) is 2.67. The first kappa shape index (κ1) is 12.8. The fourth-order valence-electron chi connectivity index (χ4n) is 2.67. The predicted molar refractivity (Wildman–Crippen MR) is 81.3 cm³/mol. The van der Waals surface area contributed by atoms with Crippen LogP contribution in [0.4, 0.5) is 11.4 Å². The van der Waals surface area contributed by atoms with Crippen molar-refractivity contribution in [1.29, 1.82) is 0 Å². The molecule has 1 N–H and O–H groups in total. The number of nitrogens with one attached hydrogen (secondary N) is 1. The molecular weight excluding hydrogens is 250 g/mol. The van der Waals surface area contributed by atoms with Gasteiger partial charge >= 0.3 is 0 Å². The number of anilines is 2. The maximum absolute atomic E-state index is 12.8. The molecule has 0 unspecified atom stereocenters. The number of para-hydroxylation sites is 2. The molecule has 104 valence electrons. The van der Waals surface area contributed by atoms with E-state index >= 15 is 0 Å². The number of aromatic nitrogens is 1. The van der Waals surface area contributed by atoms with Crippen LogP contribution >= 0.6 is 0 Å². The molecule has 0 saturated heterocycles. The quantitative estimate of drug-likeness (QED) is 0.910. The van der Waals surface area contributed by atoms with Gasteiger partial charge in [0.25, 0.3) is 5.91 Å². The van der Waals surface area contributed by atoms with E-state index < -0.39 is 0 Å². The van der Waals surface area contributed by atoms with E-state index in [1.54, 1.807) is 0 Å². The number of hydrogen-bond acceptors (Lipinski definition) is 2. The smallest absolute Gasteiger partial charge is 0.274 e. The molecule has 1 aliphatic rings. The van der Waals surface area contributed by atoms with Gasteiger partial charge in [0.1, 0.15) is 5.69 Å². The standard InChI is InChI=1S/C16H19N3O/c1-2-18-11-5-9-15(18)16(20)19-12-6-10-17-13-7-3-4-8-14(13)19/h3-5,7-9,11,17H,2,6,10,12H2,1H3. The third kappa shape index (κ3) is 2.18. The van der Waals surface area contributed by atoms with Crippen LogP contribution < -0.4 is 10.2 Å². The van der Waals surface area contributed by atoms with Crippen molar-refractivity contribution < 1.29 is 4.79 Å². The van der Waals surface area contributed by atoms with E-state index in [4.69, 9.17) is 0 Å². The first-order valence-corrected chi connectivity index (χ1v) is 7.11. The lowest BCUT2D eigenvalue weighted by molar-refractivity contribution is 0.0978. The Morgan fingerprint density at radius 2 is 2.10 bits per heavy atom. The lowest BCUT2D eigenvalue weighted by Gasteiger charge is -2.23. The van der Waals surface area contributed by atoms with Crippen LogP contribution in [0.3, 0.4) is 0 Å². The highest BCUT2D eigenvalue weighted by Gasteiger charge is 2.23. The summed E-state index contributed by atoms with van der Waals surface area (Å²) in [5.41, 5.74) is 2.76. The number of amides is 1. The minimum Gasteiger partial charge on any atom is -0.383 e. The minimum absolute atomic E-state index is 0.0769. The Labute approximate surface area is 119 Å². The van der Waals surface area contributed by atoms with Gasteiger partial charge in [-0.25, -0.2) is 0 Å². The van der Waals surface area contributed by atoms with Crippen molar-refractivity contribution in [1.82, 2.24) is 4.57 Å². The van der Waals surface area contributed by atoms with E-state index in [1.165, 1.54) is 0 Å². The second-order valence-electron chi connectivity index (χ2n) is 4.93. The van der Waals surface area contributed by atoms with Crippen LogP contribution in [-0.2, 0) is 6.54 Å². The molecule has 4 heteroatoms. The van der Waals surface area contributed by atoms with Gasteiger partial charge in [-0.3, -0.25) is 4.79 Å². The van der Waals surface area contributed by atoms with Gasteiger partial charge in [0.05, 0.1) is 11.4 Å². The first-order chi connectivity index (χ1) is 9.81. The van der Waals surface area contributed by atoms with Crippen LogP contribution in [0.5, 0.6) is 0 Å². The number of fused-ring (bicyclic) bond motifs is 1. The van der Waals surface area contributed by atoms with Crippen LogP contribution in [0.15, 0.2) is 42.6 Å². The van der Waals surface area contributed by atoms with Crippen LogP contribution in [0.2, 0.25) is 0 Å². The SMILES string of the molecule is CCn1cccc1C(=O)N1CCCNc2ccccc21. The molecule has 4 nitrogen and oxygen atoms in total. The molecular formula is C16H19N3O. The highest BCUT2D eigenvalue weighted by atomic mass is 16.2. The van der Waals surface area contributed by atoms with Gasteiger partial charge in [-0.05, 0) is 37.6 Å². The van der Waals surface area contributed by atoms with Crippen molar-refractivity contribution >= 4 is 17.3 Å². The average molecular weight is 269 g/mol. The molecule has 1 aromatic carbocycles. The second kappa shape index (κ2) is 5.41. The van der Waals surface area contributed by atoms with Crippen molar-refractivity contribution in [2.24, 2.45) is 0 Å². The monoisotopic (exact) mass is 269 g/mol. The van der Waals surface area contributed by atoms with Gasteiger partial charge in [-0.2, -0.15) is 0 Å². The molecule has 2 aromatic rings. The molecule has 0 saturated carbocycles. The summed E-state index contributed by atoms with van der Waals surface area (Å²) in [5, 5.41) is 3.38. The number of carbonyl (C=O) groups excluding carboxylic acids is 1. The lowest BCUT2D eigenvalue weighted by Crippen LogP contribution is -2.33. The summed E-state index contributed by atoms with van der Waals surface area (Å²) in [4.78, 5) is 14.7. The Balaban J connectivity index is 1.99. The molecule has 20 heavy (non-hydrogen) atoms. The number of carbonyl (C=O) groups is 1. The number of rotatable bonds is 2. The predicted octanol–water partition coefficient (Wildman–Crippen LogP) is 2.97. The van der Waals surface area contributed by atoms with Gasteiger partial charge in [0.15, 0.2) is 0 Å². The highest BCUT2D eigenvalue weighted by molar-refractivity contribution is 6.07. The van der Waals surface area contributed by atoms with Crippen LogP contribution in [0.25, 0.3) is 0 Å². The zero-order valence-electron chi connectivity index (χ0n) is 11.7.